The molecule has 3 aromatic rings. The quantitative estimate of drug-likeness (QED) is 0.364. The molecular weight excluding hydrogens is 563 g/mol. The Morgan fingerprint density at radius 1 is 1.09 bits per heavy atom. The van der Waals surface area contributed by atoms with Gasteiger partial charge in [-0.05, 0) is 42.5 Å². The smallest absolute Gasteiger partial charge is 0.389 e. The number of carbonyl (C=O) groups is 2. The highest BCUT2D eigenvalue weighted by atomic mass is 19.4. The Morgan fingerprint density at radius 2 is 1.77 bits per heavy atom. The summed E-state index contributed by atoms with van der Waals surface area (Å²) < 4.78 is 41.0. The first-order chi connectivity index (χ1) is 20.3. The monoisotopic (exact) mass is 597 g/mol. The van der Waals surface area contributed by atoms with Crippen molar-refractivity contribution in [3.05, 3.63) is 93.2 Å². The van der Waals surface area contributed by atoms with Crippen molar-refractivity contribution in [2.75, 3.05) is 18.4 Å². The van der Waals surface area contributed by atoms with Crippen LogP contribution >= 0.6 is 0 Å². The molecule has 1 saturated heterocycles. The average molecular weight is 598 g/mol. The van der Waals surface area contributed by atoms with Crippen molar-refractivity contribution in [1.29, 1.82) is 0 Å². The minimum absolute atomic E-state index is 0.0625. The third-order valence-corrected chi connectivity index (χ3v) is 8.34. The van der Waals surface area contributed by atoms with Gasteiger partial charge in [0.1, 0.15) is 17.6 Å². The van der Waals surface area contributed by atoms with Crippen LogP contribution < -0.4 is 16.6 Å². The highest BCUT2D eigenvalue weighted by molar-refractivity contribution is 5.81. The fraction of sp³-hybridized carbons (Fsp3) is 0.419. The lowest BCUT2D eigenvalue weighted by Crippen LogP contribution is -2.48. The average Bonchev–Trinajstić information content (AvgIpc) is 3.30. The first kappa shape index (κ1) is 30.3. The molecule has 0 radical (unpaired) electrons. The van der Waals surface area contributed by atoms with E-state index in [1.807, 2.05) is 30.3 Å². The number of hydrogen-bond donors (Lipinski definition) is 3. The highest BCUT2D eigenvalue weighted by Crippen LogP contribution is 2.35. The van der Waals surface area contributed by atoms with E-state index in [-0.39, 0.29) is 48.2 Å². The van der Waals surface area contributed by atoms with Crippen LogP contribution in [0, 0.1) is 0 Å². The van der Waals surface area contributed by atoms with E-state index in [4.69, 9.17) is 5.73 Å². The maximum absolute atomic E-state index is 13.7. The van der Waals surface area contributed by atoms with Crippen molar-refractivity contribution in [3.8, 4) is 0 Å². The topological polar surface area (TPSA) is 131 Å². The van der Waals surface area contributed by atoms with Gasteiger partial charge in [0.15, 0.2) is 0 Å². The van der Waals surface area contributed by atoms with Crippen molar-refractivity contribution in [3.63, 3.8) is 0 Å². The Balaban J connectivity index is 1.38. The van der Waals surface area contributed by atoms with Crippen LogP contribution in [0.5, 0.6) is 0 Å². The van der Waals surface area contributed by atoms with E-state index >= 15 is 0 Å². The van der Waals surface area contributed by atoms with Crippen molar-refractivity contribution < 1.29 is 27.9 Å². The lowest BCUT2D eigenvalue weighted by molar-refractivity contribution is -0.137. The molecule has 3 heterocycles. The maximum Gasteiger partial charge on any atom is 0.416 e. The number of aliphatic hydroxyl groups is 1. The van der Waals surface area contributed by atoms with E-state index in [9.17, 15) is 32.7 Å². The van der Waals surface area contributed by atoms with Gasteiger partial charge in [0.05, 0.1) is 23.3 Å². The number of amides is 2. The molecule has 2 aliphatic rings. The molecule has 5 rings (SSSR count). The van der Waals surface area contributed by atoms with Gasteiger partial charge in [0, 0.05) is 32.0 Å². The molecule has 2 unspecified atom stereocenters. The molecule has 4 N–H and O–H groups in total. The lowest BCUT2D eigenvalue weighted by Gasteiger charge is -2.38. The molecule has 0 spiro atoms. The van der Waals surface area contributed by atoms with Gasteiger partial charge in [-0.3, -0.25) is 19.0 Å². The summed E-state index contributed by atoms with van der Waals surface area (Å²) in [5.41, 5.74) is 4.55. The van der Waals surface area contributed by atoms with E-state index in [0.717, 1.165) is 17.7 Å². The van der Waals surface area contributed by atoms with E-state index in [2.05, 4.69) is 10.3 Å². The number of primary amides is 1. The molecular formula is C31H34F3N5O4. The van der Waals surface area contributed by atoms with E-state index in [1.165, 1.54) is 16.7 Å². The number of carbonyl (C=O) groups excluding carboxylic acids is 2. The van der Waals surface area contributed by atoms with Crippen LogP contribution in [0.2, 0.25) is 0 Å². The number of fused-ring (bicyclic) bond motifs is 1. The minimum Gasteiger partial charge on any atom is -0.389 e. The summed E-state index contributed by atoms with van der Waals surface area (Å²) in [4.78, 5) is 45.6. The number of halogens is 3. The number of piperidine rings is 1. The number of nitrogens with zero attached hydrogens (tertiary/aromatic N) is 3. The minimum atomic E-state index is -4.53. The van der Waals surface area contributed by atoms with Crippen LogP contribution in [0.1, 0.15) is 66.4 Å². The fourth-order valence-corrected chi connectivity index (χ4v) is 5.97. The van der Waals surface area contributed by atoms with Gasteiger partial charge in [-0.1, -0.05) is 49.4 Å². The third-order valence-electron chi connectivity index (χ3n) is 8.34. The van der Waals surface area contributed by atoms with Crippen LogP contribution in [-0.4, -0.2) is 50.1 Å². The first-order valence-electron chi connectivity index (χ1n) is 14.2. The largest absolute Gasteiger partial charge is 0.416 e. The van der Waals surface area contributed by atoms with Crippen molar-refractivity contribution in [2.24, 2.45) is 5.73 Å². The second-order valence-corrected chi connectivity index (χ2v) is 11.5. The molecule has 0 saturated carbocycles. The summed E-state index contributed by atoms with van der Waals surface area (Å²) in [6.07, 6.45) is -3.26. The van der Waals surface area contributed by atoms with Crippen molar-refractivity contribution in [2.45, 2.75) is 69.3 Å². The molecule has 228 valence electrons. The second kappa shape index (κ2) is 11.8. The number of nitrogens with one attached hydrogen (secondary N) is 1. The Labute approximate surface area is 246 Å². The number of hydrogen-bond acceptors (Lipinski definition) is 6. The number of likely N-dealkylation sites (tertiary alicyclic amines) is 1. The lowest BCUT2D eigenvalue weighted by atomic mass is 9.85. The zero-order valence-corrected chi connectivity index (χ0v) is 23.7. The van der Waals surface area contributed by atoms with Crippen LogP contribution in [0.25, 0.3) is 0 Å². The van der Waals surface area contributed by atoms with Gasteiger partial charge < -0.3 is 21.1 Å². The molecule has 2 aliphatic heterocycles. The summed E-state index contributed by atoms with van der Waals surface area (Å²) in [5, 5.41) is 14.0. The predicted molar refractivity (Wildman–Crippen MR) is 153 cm³/mol. The number of benzene rings is 2. The fourth-order valence-electron chi connectivity index (χ4n) is 5.97. The molecule has 1 fully saturated rings. The second-order valence-electron chi connectivity index (χ2n) is 11.5. The molecule has 9 nitrogen and oxygen atoms in total. The van der Waals surface area contributed by atoms with E-state index in [1.54, 1.807) is 11.8 Å². The van der Waals surface area contributed by atoms with Gasteiger partial charge in [-0.2, -0.15) is 13.2 Å². The molecule has 43 heavy (non-hydrogen) atoms. The highest BCUT2D eigenvalue weighted by Gasteiger charge is 2.38. The van der Waals surface area contributed by atoms with Crippen LogP contribution in [0.3, 0.4) is 0 Å². The van der Waals surface area contributed by atoms with Gasteiger partial charge in [0.2, 0.25) is 11.8 Å². The third kappa shape index (κ3) is 6.58. The van der Waals surface area contributed by atoms with E-state index in [0.29, 0.717) is 38.2 Å². The molecule has 12 heteroatoms. The van der Waals surface area contributed by atoms with Gasteiger partial charge in [-0.25, -0.2) is 4.98 Å². The first-order valence-corrected chi connectivity index (χ1v) is 14.2. The Kier molecular flexibility index (Phi) is 8.33. The number of alkyl halides is 3. The van der Waals surface area contributed by atoms with Crippen LogP contribution in [0.15, 0.2) is 59.4 Å². The number of rotatable bonds is 8. The maximum atomic E-state index is 13.7. The summed E-state index contributed by atoms with van der Waals surface area (Å²) in [7, 11) is 0. The number of aromatic nitrogens is 2. The van der Waals surface area contributed by atoms with Gasteiger partial charge in [0.25, 0.3) is 5.56 Å². The Bertz CT molecular complexity index is 1570. The summed E-state index contributed by atoms with van der Waals surface area (Å²) >= 11 is 0. The summed E-state index contributed by atoms with van der Waals surface area (Å²) in [6, 6.07) is 13.4. The predicted octanol–water partition coefficient (Wildman–Crippen LogP) is 3.55. The number of anilines is 1. The standard InChI is InChI=1S/C31H34F3N5O4/c1-19-14-24(27(35)41)39-28(19)37-23(26(29(39)42)36-18-21-8-5-9-22(15-21)31(32,33)34)16-25(40)38-12-10-30(43,11-13-38)17-20-6-3-2-4-7-20/h2-9,15,19,24,36,43H,10-14,16-18H2,1H3,(H2,35,41). The van der Waals surface area contributed by atoms with Crippen molar-refractivity contribution in [1.82, 2.24) is 14.5 Å². The molecule has 0 aliphatic carbocycles. The zero-order chi connectivity index (χ0) is 30.9. The molecule has 2 atom stereocenters. The SMILES string of the molecule is CC1CC(C(N)=O)n2c1nc(CC(=O)N1CCC(O)(Cc3ccccc3)CC1)c(NCc1cccc(C(F)(F)F)c1)c2=O. The summed E-state index contributed by atoms with van der Waals surface area (Å²) in [5.74, 6) is -0.937. The van der Waals surface area contributed by atoms with E-state index < -0.39 is 34.8 Å². The molecule has 0 bridgehead atoms. The zero-order valence-electron chi connectivity index (χ0n) is 23.7. The molecule has 2 amide bonds. The molecule has 2 aromatic carbocycles. The van der Waals surface area contributed by atoms with Crippen LogP contribution in [-0.2, 0) is 35.2 Å². The number of nitrogens with two attached hydrogens (primary N) is 1. The van der Waals surface area contributed by atoms with Gasteiger partial charge >= 0.3 is 6.18 Å². The van der Waals surface area contributed by atoms with Crippen LogP contribution in [0.4, 0.5) is 18.9 Å². The Morgan fingerprint density at radius 3 is 2.42 bits per heavy atom. The Hall–Kier alpha value is -4.19. The van der Waals surface area contributed by atoms with Gasteiger partial charge in [-0.15, -0.1) is 0 Å². The molecule has 1 aromatic heterocycles. The van der Waals surface area contributed by atoms with Crippen molar-refractivity contribution >= 4 is 17.5 Å². The summed E-state index contributed by atoms with van der Waals surface area (Å²) in [6.45, 7) is 2.30. The normalized spacial score (nSPS) is 19.6.